The summed E-state index contributed by atoms with van der Waals surface area (Å²) in [7, 11) is 0. The van der Waals surface area contributed by atoms with E-state index in [1.54, 1.807) is 12.4 Å². The molecule has 2 aromatic rings. The molecule has 0 amide bonds. The minimum atomic E-state index is 1.00. The number of aromatic amines is 1. The number of hydrogen-bond acceptors (Lipinski definition) is 1. The number of nitrogens with zero attached hydrogens (tertiary/aromatic N) is 1. The lowest BCUT2D eigenvalue weighted by molar-refractivity contribution is 1.33. The molecule has 0 aromatic carbocycles. The third-order valence-corrected chi connectivity index (χ3v) is 2.72. The highest BCUT2D eigenvalue weighted by atomic mass is 79.9. The predicted molar refractivity (Wildman–Crippen MR) is 51.5 cm³/mol. The molecule has 0 spiro atoms. The number of aromatic nitrogens is 2. The van der Waals surface area contributed by atoms with Crippen molar-refractivity contribution in [3.05, 3.63) is 27.5 Å². The van der Waals surface area contributed by atoms with Crippen molar-refractivity contribution in [1.82, 2.24) is 9.97 Å². The summed E-state index contributed by atoms with van der Waals surface area (Å²) in [5, 5.41) is 1.14. The van der Waals surface area contributed by atoms with E-state index in [0.29, 0.717) is 0 Å². The summed E-state index contributed by atoms with van der Waals surface area (Å²) >= 11 is 6.84. The molecule has 0 saturated carbocycles. The lowest BCUT2D eigenvalue weighted by Crippen LogP contribution is -1.73. The van der Waals surface area contributed by atoms with Gasteiger partial charge in [0.2, 0.25) is 0 Å². The second kappa shape index (κ2) is 2.60. The van der Waals surface area contributed by atoms with Gasteiger partial charge in [-0.05, 0) is 31.9 Å². The Bertz CT molecular complexity index is 394. The predicted octanol–water partition coefficient (Wildman–Crippen LogP) is 3.09. The van der Waals surface area contributed by atoms with Crippen molar-refractivity contribution >= 4 is 42.8 Å². The highest BCUT2D eigenvalue weighted by Gasteiger charge is 2.03. The number of halogens is 2. The molecular weight excluding hydrogens is 272 g/mol. The van der Waals surface area contributed by atoms with Crippen LogP contribution in [0.4, 0.5) is 0 Å². The third kappa shape index (κ3) is 1.10. The van der Waals surface area contributed by atoms with E-state index in [4.69, 9.17) is 0 Å². The maximum absolute atomic E-state index is 4.03. The van der Waals surface area contributed by atoms with Crippen LogP contribution in [-0.2, 0) is 0 Å². The zero-order valence-corrected chi connectivity index (χ0v) is 8.61. The average molecular weight is 276 g/mol. The summed E-state index contributed by atoms with van der Waals surface area (Å²) in [6, 6.07) is 0. The molecule has 4 heteroatoms. The van der Waals surface area contributed by atoms with Crippen LogP contribution >= 0.6 is 31.9 Å². The first-order valence-electron chi connectivity index (χ1n) is 3.05. The van der Waals surface area contributed by atoms with Crippen LogP contribution in [0.5, 0.6) is 0 Å². The van der Waals surface area contributed by atoms with Gasteiger partial charge < -0.3 is 4.98 Å². The van der Waals surface area contributed by atoms with Crippen LogP contribution in [0.3, 0.4) is 0 Å². The molecule has 2 heterocycles. The highest BCUT2D eigenvalue weighted by molar-refractivity contribution is 9.11. The van der Waals surface area contributed by atoms with E-state index in [-0.39, 0.29) is 0 Å². The minimum absolute atomic E-state index is 1.00. The van der Waals surface area contributed by atoms with Crippen molar-refractivity contribution in [3.63, 3.8) is 0 Å². The molecule has 0 unspecified atom stereocenters. The zero-order valence-electron chi connectivity index (χ0n) is 5.44. The molecular formula is C7H4Br2N2. The van der Waals surface area contributed by atoms with Crippen LogP contribution in [0.25, 0.3) is 10.9 Å². The normalized spacial score (nSPS) is 10.7. The first-order chi connectivity index (χ1) is 5.29. The molecule has 0 aliphatic rings. The number of rotatable bonds is 0. The number of nitrogens with one attached hydrogen (secondary N) is 1. The molecule has 2 rings (SSSR count). The van der Waals surface area contributed by atoms with Crippen molar-refractivity contribution in [2.75, 3.05) is 0 Å². The number of H-pyrrole nitrogens is 1. The monoisotopic (exact) mass is 274 g/mol. The van der Waals surface area contributed by atoms with Gasteiger partial charge in [0.05, 0.1) is 11.7 Å². The number of fused-ring (bicyclic) bond motifs is 1. The smallest absolute Gasteiger partial charge is 0.0663 e. The molecule has 0 fully saturated rings. The maximum Gasteiger partial charge on any atom is 0.0663 e. The van der Waals surface area contributed by atoms with Crippen molar-refractivity contribution < 1.29 is 0 Å². The molecule has 0 atom stereocenters. The van der Waals surface area contributed by atoms with Gasteiger partial charge in [0.25, 0.3) is 0 Å². The second-order valence-electron chi connectivity index (χ2n) is 2.18. The molecule has 2 aromatic heterocycles. The molecule has 56 valence electrons. The summed E-state index contributed by atoms with van der Waals surface area (Å²) in [5.74, 6) is 0. The summed E-state index contributed by atoms with van der Waals surface area (Å²) in [6.07, 6.45) is 5.48. The Kier molecular flexibility index (Phi) is 1.73. The number of hydrogen-bond donors (Lipinski definition) is 1. The second-order valence-corrected chi connectivity index (χ2v) is 3.89. The van der Waals surface area contributed by atoms with E-state index in [2.05, 4.69) is 41.8 Å². The van der Waals surface area contributed by atoms with E-state index in [1.807, 2.05) is 6.20 Å². The average Bonchev–Trinajstić information content (AvgIpc) is 2.34. The topological polar surface area (TPSA) is 28.7 Å². The molecule has 0 aliphatic heterocycles. The van der Waals surface area contributed by atoms with Crippen molar-refractivity contribution in [1.29, 1.82) is 0 Å². The van der Waals surface area contributed by atoms with Crippen molar-refractivity contribution in [2.24, 2.45) is 0 Å². The minimum Gasteiger partial charge on any atom is -0.359 e. The van der Waals surface area contributed by atoms with E-state index in [1.165, 1.54) is 0 Å². The SMILES string of the molecule is Brc1cncc2[nH]cc(Br)c12. The van der Waals surface area contributed by atoms with Gasteiger partial charge in [-0.1, -0.05) is 0 Å². The summed E-state index contributed by atoms with van der Waals surface area (Å²) < 4.78 is 2.06. The fourth-order valence-electron chi connectivity index (χ4n) is 1.00. The first-order valence-corrected chi connectivity index (χ1v) is 4.64. The number of pyridine rings is 1. The Balaban J connectivity index is 2.96. The lowest BCUT2D eigenvalue weighted by Gasteiger charge is -1.91. The Morgan fingerprint density at radius 3 is 2.73 bits per heavy atom. The van der Waals surface area contributed by atoms with Gasteiger partial charge in [-0.25, -0.2) is 0 Å². The van der Waals surface area contributed by atoms with Crippen molar-refractivity contribution in [2.45, 2.75) is 0 Å². The Morgan fingerprint density at radius 2 is 2.00 bits per heavy atom. The Hall–Kier alpha value is -0.350. The van der Waals surface area contributed by atoms with Crippen LogP contribution in [0.15, 0.2) is 27.5 Å². The first kappa shape index (κ1) is 7.31. The van der Waals surface area contributed by atoms with E-state index >= 15 is 0 Å². The van der Waals surface area contributed by atoms with Gasteiger partial charge in [0.1, 0.15) is 0 Å². The van der Waals surface area contributed by atoms with Gasteiger partial charge in [0, 0.05) is 26.7 Å². The van der Waals surface area contributed by atoms with Crippen LogP contribution in [0.1, 0.15) is 0 Å². The van der Waals surface area contributed by atoms with Crippen LogP contribution < -0.4 is 0 Å². The molecule has 0 bridgehead atoms. The van der Waals surface area contributed by atoms with E-state index < -0.39 is 0 Å². The quantitative estimate of drug-likeness (QED) is 0.786. The standard InChI is InChI=1S/C7H4Br2N2/c8-4-1-10-3-6-7(4)5(9)2-11-6/h1-3,11H. The highest BCUT2D eigenvalue weighted by Crippen LogP contribution is 2.29. The van der Waals surface area contributed by atoms with Crippen LogP contribution in [-0.4, -0.2) is 9.97 Å². The Morgan fingerprint density at radius 1 is 1.18 bits per heavy atom. The molecule has 1 N–H and O–H groups in total. The summed E-state index contributed by atoms with van der Waals surface area (Å²) in [4.78, 5) is 7.12. The van der Waals surface area contributed by atoms with Gasteiger partial charge in [-0.3, -0.25) is 4.98 Å². The van der Waals surface area contributed by atoms with E-state index in [0.717, 1.165) is 19.8 Å². The maximum atomic E-state index is 4.03. The lowest BCUT2D eigenvalue weighted by atomic mass is 10.3. The summed E-state index contributed by atoms with van der Waals surface area (Å²) in [5.41, 5.74) is 1.03. The molecule has 11 heavy (non-hydrogen) atoms. The largest absolute Gasteiger partial charge is 0.359 e. The van der Waals surface area contributed by atoms with Crippen LogP contribution in [0.2, 0.25) is 0 Å². The van der Waals surface area contributed by atoms with Gasteiger partial charge in [-0.2, -0.15) is 0 Å². The van der Waals surface area contributed by atoms with Gasteiger partial charge in [-0.15, -0.1) is 0 Å². The van der Waals surface area contributed by atoms with Crippen LogP contribution in [0, 0.1) is 0 Å². The molecule has 0 radical (unpaired) electrons. The zero-order chi connectivity index (χ0) is 7.84. The fourth-order valence-corrected chi connectivity index (χ4v) is 2.35. The van der Waals surface area contributed by atoms with E-state index in [9.17, 15) is 0 Å². The molecule has 0 aliphatic carbocycles. The fraction of sp³-hybridized carbons (Fsp3) is 0. The molecule has 0 saturated heterocycles. The Labute approximate surface area is 80.3 Å². The van der Waals surface area contributed by atoms with Crippen molar-refractivity contribution in [3.8, 4) is 0 Å². The third-order valence-electron chi connectivity index (χ3n) is 1.49. The van der Waals surface area contributed by atoms with Gasteiger partial charge in [0.15, 0.2) is 0 Å². The molecule has 2 nitrogen and oxygen atoms in total. The van der Waals surface area contributed by atoms with Gasteiger partial charge >= 0.3 is 0 Å². The summed E-state index contributed by atoms with van der Waals surface area (Å²) in [6.45, 7) is 0.